The molecule has 0 aliphatic carbocycles. The number of esters is 4. The van der Waals surface area contributed by atoms with Crippen LogP contribution in [0, 0.1) is 23.7 Å². The summed E-state index contributed by atoms with van der Waals surface area (Å²) in [6.07, 6.45) is 47.4. The molecule has 0 aromatic rings. The monoisotopic (exact) mass is 1370 g/mol. The van der Waals surface area contributed by atoms with Gasteiger partial charge in [0.25, 0.3) is 0 Å². The van der Waals surface area contributed by atoms with Gasteiger partial charge in [0, 0.05) is 25.7 Å². The Balaban J connectivity index is 5.20. The van der Waals surface area contributed by atoms with Gasteiger partial charge in [0.1, 0.15) is 19.3 Å². The van der Waals surface area contributed by atoms with Gasteiger partial charge in [-0.1, -0.05) is 319 Å². The smallest absolute Gasteiger partial charge is 0.462 e. The van der Waals surface area contributed by atoms with E-state index in [2.05, 4.69) is 55.4 Å². The molecule has 0 aromatic heterocycles. The predicted molar refractivity (Wildman–Crippen MR) is 377 cm³/mol. The van der Waals surface area contributed by atoms with Crippen LogP contribution in [0.1, 0.15) is 370 Å². The predicted octanol–water partition coefficient (Wildman–Crippen LogP) is 21.3. The minimum atomic E-state index is -4.95. The number of aliphatic hydroxyl groups is 1. The number of hydrogen-bond acceptors (Lipinski definition) is 15. The first-order valence-corrected chi connectivity index (χ1v) is 41.2. The summed E-state index contributed by atoms with van der Waals surface area (Å²) in [4.78, 5) is 72.6. The molecule has 0 rings (SSSR count). The van der Waals surface area contributed by atoms with Crippen molar-refractivity contribution >= 4 is 39.5 Å². The maximum Gasteiger partial charge on any atom is 0.472 e. The largest absolute Gasteiger partial charge is 0.472 e. The number of aliphatic hydroxyl groups excluding tert-OH is 1. The van der Waals surface area contributed by atoms with Crippen LogP contribution < -0.4 is 0 Å². The van der Waals surface area contributed by atoms with Gasteiger partial charge in [0.05, 0.1) is 26.4 Å². The first-order valence-electron chi connectivity index (χ1n) is 38.2. The van der Waals surface area contributed by atoms with E-state index in [1.54, 1.807) is 0 Å². The topological polar surface area (TPSA) is 237 Å². The van der Waals surface area contributed by atoms with Crippen molar-refractivity contribution < 1.29 is 80.2 Å². The average Bonchev–Trinajstić information content (AvgIpc) is 1.47. The summed E-state index contributed by atoms with van der Waals surface area (Å²) in [6.45, 7) is 14.1. The van der Waals surface area contributed by atoms with E-state index in [1.807, 2.05) is 0 Å². The molecule has 0 radical (unpaired) electrons. The number of unbranched alkanes of at least 4 members (excludes halogenated alkanes) is 37. The van der Waals surface area contributed by atoms with E-state index in [-0.39, 0.29) is 25.7 Å². The highest BCUT2D eigenvalue weighted by atomic mass is 31.2. The van der Waals surface area contributed by atoms with Gasteiger partial charge in [-0.05, 0) is 49.4 Å². The maximum absolute atomic E-state index is 13.0. The van der Waals surface area contributed by atoms with E-state index in [9.17, 15) is 43.2 Å². The van der Waals surface area contributed by atoms with Crippen molar-refractivity contribution in [1.82, 2.24) is 0 Å². The Morgan fingerprint density at radius 3 is 0.667 bits per heavy atom. The standard InChI is InChI=1S/C74H144O17P2/c1-64(2)50-42-34-26-21-17-13-9-11-15-19-23-29-40-48-56-73(78)90-69(60-84-71(76)54-46-38-31-25-28-36-44-52-66(5)6)62-88-92(80,81)86-58-68(75)59-87-93(82,83)89-63-70(61-85-72(77)55-47-39-33-32-37-45-53-67(7)8)91-74(79)57-49-41-30-24-20-16-12-10-14-18-22-27-35-43-51-65(3)4/h64-70,75H,9-63H2,1-8H3,(H,80,81)(H,82,83)/t68?,69-,70-/m1/s1. The molecule has 0 aliphatic heterocycles. The SMILES string of the molecule is CC(C)CCCCCCCCCCCCCCCCC(=O)O[C@H](COC(=O)CCCCCCCCCC(C)C)COP(=O)(O)OCC(O)COP(=O)(O)OC[C@@H](COC(=O)CCCCCCCCC(C)C)OC(=O)CCCCCCCCCCCCCCCCC(C)C. The third kappa shape index (κ3) is 68.4. The third-order valence-electron chi connectivity index (χ3n) is 17.1. The Kier molecular flexibility index (Phi) is 62.2. The lowest BCUT2D eigenvalue weighted by Crippen LogP contribution is -2.30. The van der Waals surface area contributed by atoms with Gasteiger partial charge in [-0.2, -0.15) is 0 Å². The molecule has 93 heavy (non-hydrogen) atoms. The van der Waals surface area contributed by atoms with Crippen molar-refractivity contribution in [1.29, 1.82) is 0 Å². The molecule has 0 saturated carbocycles. The Labute approximate surface area is 568 Å². The van der Waals surface area contributed by atoms with Crippen molar-refractivity contribution in [2.75, 3.05) is 39.6 Å². The number of carbonyl (C=O) groups excluding carboxylic acids is 4. The van der Waals surface area contributed by atoms with E-state index >= 15 is 0 Å². The summed E-state index contributed by atoms with van der Waals surface area (Å²) in [5, 5.41) is 10.6. The van der Waals surface area contributed by atoms with Crippen LogP contribution in [-0.4, -0.2) is 96.7 Å². The molecule has 3 unspecified atom stereocenters. The van der Waals surface area contributed by atoms with Crippen LogP contribution in [0.5, 0.6) is 0 Å². The lowest BCUT2D eigenvalue weighted by atomic mass is 10.0. The molecule has 17 nitrogen and oxygen atoms in total. The molecule has 0 bridgehead atoms. The molecule has 19 heteroatoms. The summed E-state index contributed by atoms with van der Waals surface area (Å²) >= 11 is 0. The zero-order chi connectivity index (χ0) is 68.9. The first-order chi connectivity index (χ1) is 44.6. The van der Waals surface area contributed by atoms with E-state index in [1.165, 1.54) is 161 Å². The van der Waals surface area contributed by atoms with Crippen LogP contribution in [0.3, 0.4) is 0 Å². The van der Waals surface area contributed by atoms with Gasteiger partial charge in [0.2, 0.25) is 0 Å². The van der Waals surface area contributed by atoms with Crippen molar-refractivity contribution in [3.8, 4) is 0 Å². The van der Waals surface area contributed by atoms with Gasteiger partial charge in [-0.15, -0.1) is 0 Å². The number of hydrogen-bond donors (Lipinski definition) is 3. The molecule has 0 aromatic carbocycles. The normalized spacial score (nSPS) is 14.2. The Morgan fingerprint density at radius 2 is 0.452 bits per heavy atom. The minimum Gasteiger partial charge on any atom is -0.462 e. The van der Waals surface area contributed by atoms with Crippen LogP contribution in [0.25, 0.3) is 0 Å². The zero-order valence-corrected chi connectivity index (χ0v) is 62.7. The molecular weight excluding hydrogens is 1220 g/mol. The number of phosphoric acid groups is 2. The van der Waals surface area contributed by atoms with Gasteiger partial charge >= 0.3 is 39.5 Å². The van der Waals surface area contributed by atoms with Gasteiger partial charge in [-0.3, -0.25) is 37.3 Å². The summed E-state index contributed by atoms with van der Waals surface area (Å²) < 4.78 is 68.4. The van der Waals surface area contributed by atoms with E-state index in [0.29, 0.717) is 37.5 Å². The van der Waals surface area contributed by atoms with Gasteiger partial charge in [0.15, 0.2) is 12.2 Å². The van der Waals surface area contributed by atoms with E-state index < -0.39 is 97.5 Å². The highest BCUT2D eigenvalue weighted by Gasteiger charge is 2.30. The Hall–Kier alpha value is -1.94. The van der Waals surface area contributed by atoms with E-state index in [4.69, 9.17) is 37.0 Å². The molecule has 0 amide bonds. The molecule has 0 saturated heterocycles. The van der Waals surface area contributed by atoms with Crippen molar-refractivity contribution in [3.63, 3.8) is 0 Å². The average molecular weight is 1370 g/mol. The second kappa shape index (κ2) is 63.5. The molecule has 5 atom stereocenters. The zero-order valence-electron chi connectivity index (χ0n) is 60.9. The first kappa shape index (κ1) is 91.1. The third-order valence-corrected chi connectivity index (χ3v) is 19.0. The highest BCUT2D eigenvalue weighted by molar-refractivity contribution is 7.47. The van der Waals surface area contributed by atoms with Crippen LogP contribution >= 0.6 is 15.6 Å². The minimum absolute atomic E-state index is 0.106. The van der Waals surface area contributed by atoms with Gasteiger partial charge < -0.3 is 33.8 Å². The van der Waals surface area contributed by atoms with Crippen molar-refractivity contribution in [2.45, 2.75) is 388 Å². The summed E-state index contributed by atoms with van der Waals surface area (Å²) in [5.74, 6) is 0.848. The summed E-state index contributed by atoms with van der Waals surface area (Å²) in [6, 6.07) is 0. The number of phosphoric ester groups is 2. The fourth-order valence-electron chi connectivity index (χ4n) is 11.2. The molecular formula is C74H144O17P2. The molecule has 552 valence electrons. The molecule has 0 spiro atoms. The lowest BCUT2D eigenvalue weighted by molar-refractivity contribution is -0.161. The Bertz CT molecular complexity index is 1830. The molecule has 0 fully saturated rings. The summed E-state index contributed by atoms with van der Waals surface area (Å²) in [5.41, 5.74) is 0. The highest BCUT2D eigenvalue weighted by Crippen LogP contribution is 2.45. The number of carbonyl (C=O) groups is 4. The lowest BCUT2D eigenvalue weighted by Gasteiger charge is -2.21. The Morgan fingerprint density at radius 1 is 0.269 bits per heavy atom. The molecule has 0 heterocycles. The maximum atomic E-state index is 13.0. The van der Waals surface area contributed by atoms with Gasteiger partial charge in [-0.25, -0.2) is 9.13 Å². The second-order valence-electron chi connectivity index (χ2n) is 28.6. The van der Waals surface area contributed by atoms with Crippen molar-refractivity contribution in [2.24, 2.45) is 23.7 Å². The quantitative estimate of drug-likeness (QED) is 0.0222. The number of ether oxygens (including phenoxy) is 4. The molecule has 0 aliphatic rings. The number of rotatable bonds is 71. The fourth-order valence-corrected chi connectivity index (χ4v) is 12.8. The molecule has 3 N–H and O–H groups in total. The van der Waals surface area contributed by atoms with Crippen LogP contribution in [0.15, 0.2) is 0 Å². The summed E-state index contributed by atoms with van der Waals surface area (Å²) in [7, 11) is -9.91. The fraction of sp³-hybridized carbons (Fsp3) is 0.946. The van der Waals surface area contributed by atoms with Crippen molar-refractivity contribution in [3.05, 3.63) is 0 Å². The van der Waals surface area contributed by atoms with Crippen LogP contribution in [0.4, 0.5) is 0 Å². The second-order valence-corrected chi connectivity index (χ2v) is 31.5. The van der Waals surface area contributed by atoms with Crippen LogP contribution in [0.2, 0.25) is 0 Å². The van der Waals surface area contributed by atoms with Crippen LogP contribution in [-0.2, 0) is 65.4 Å². The van der Waals surface area contributed by atoms with E-state index in [0.717, 1.165) is 115 Å².